The maximum atomic E-state index is 11.2. The highest BCUT2D eigenvalue weighted by molar-refractivity contribution is 5.86. The molecule has 0 saturated carbocycles. The van der Waals surface area contributed by atoms with Crippen LogP contribution in [0.25, 0.3) is 0 Å². The number of aliphatic carboxylic acids is 1. The van der Waals surface area contributed by atoms with Crippen molar-refractivity contribution in [2.75, 3.05) is 13.2 Å². The van der Waals surface area contributed by atoms with Crippen molar-refractivity contribution in [1.82, 2.24) is 5.32 Å². The zero-order chi connectivity index (χ0) is 18.6. The summed E-state index contributed by atoms with van der Waals surface area (Å²) in [6.45, 7) is 7.04. The molecule has 0 aromatic carbocycles. The second-order valence-corrected chi connectivity index (χ2v) is 5.22. The van der Waals surface area contributed by atoms with E-state index in [1.807, 2.05) is 5.32 Å². The van der Waals surface area contributed by atoms with Gasteiger partial charge in [-0.1, -0.05) is 0 Å². The third kappa shape index (κ3) is 15.8. The van der Waals surface area contributed by atoms with E-state index in [0.717, 1.165) is 0 Å². The van der Waals surface area contributed by atoms with Gasteiger partial charge in [-0.25, -0.2) is 9.59 Å². The Kier molecular flexibility index (Phi) is 11.2. The zero-order valence-electron chi connectivity index (χ0n) is 13.8. The van der Waals surface area contributed by atoms with Gasteiger partial charge in [0.25, 0.3) is 0 Å². The van der Waals surface area contributed by atoms with Crippen molar-refractivity contribution < 1.29 is 33.8 Å². The minimum Gasteiger partial charge on any atom is -0.480 e. The number of amides is 2. The summed E-state index contributed by atoms with van der Waals surface area (Å²) in [6, 6.07) is -1.37. The maximum Gasteiger partial charge on any atom is 0.408 e. The third-order valence-electron chi connectivity index (χ3n) is 1.87. The fourth-order valence-electron chi connectivity index (χ4n) is 1.07. The molecule has 0 aromatic rings. The molecule has 10 heteroatoms. The molecular formula is C13H25N3O7. The van der Waals surface area contributed by atoms with Crippen LogP contribution in [0.4, 0.5) is 4.79 Å². The molecule has 0 aliphatic heterocycles. The lowest BCUT2D eigenvalue weighted by atomic mass is 10.2. The second-order valence-electron chi connectivity index (χ2n) is 5.22. The average molecular weight is 335 g/mol. The number of rotatable bonds is 6. The van der Waals surface area contributed by atoms with E-state index in [9.17, 15) is 19.2 Å². The van der Waals surface area contributed by atoms with E-state index in [2.05, 4.69) is 4.74 Å². The number of carboxylic acids is 1. The third-order valence-corrected chi connectivity index (χ3v) is 1.87. The van der Waals surface area contributed by atoms with Crippen molar-refractivity contribution >= 4 is 23.9 Å². The van der Waals surface area contributed by atoms with Crippen LogP contribution < -0.4 is 16.8 Å². The summed E-state index contributed by atoms with van der Waals surface area (Å²) in [4.78, 5) is 42.5. The first kappa shape index (κ1) is 22.9. The van der Waals surface area contributed by atoms with Crippen molar-refractivity contribution in [3.63, 3.8) is 0 Å². The van der Waals surface area contributed by atoms with E-state index in [1.165, 1.54) is 0 Å². The highest BCUT2D eigenvalue weighted by Crippen LogP contribution is 2.07. The largest absolute Gasteiger partial charge is 0.480 e. The molecule has 0 unspecified atom stereocenters. The van der Waals surface area contributed by atoms with Crippen molar-refractivity contribution in [2.24, 2.45) is 11.5 Å². The molecule has 0 fully saturated rings. The predicted molar refractivity (Wildman–Crippen MR) is 80.3 cm³/mol. The van der Waals surface area contributed by atoms with Gasteiger partial charge in [0, 0.05) is 0 Å². The standard InChI is InChI=1S/C9H16N2O5.C4H9NO2/c1-9(2,3)16-8(15)11-5(7(13)14)4-6(10)12;1-2-7-4(6)3-5/h5H,4H2,1-3H3,(H2,10,12)(H,11,15)(H,13,14);2-3,5H2,1H3/t5-;/m0./s1. The van der Waals surface area contributed by atoms with Crippen molar-refractivity contribution in [3.8, 4) is 0 Å². The number of alkyl carbamates (subject to hydrolysis) is 1. The lowest BCUT2D eigenvalue weighted by Gasteiger charge is -2.21. The van der Waals surface area contributed by atoms with Gasteiger partial charge in [-0.15, -0.1) is 0 Å². The van der Waals surface area contributed by atoms with E-state index >= 15 is 0 Å². The van der Waals surface area contributed by atoms with Gasteiger partial charge in [0.1, 0.15) is 11.6 Å². The lowest BCUT2D eigenvalue weighted by molar-refractivity contribution is -0.141. The van der Waals surface area contributed by atoms with E-state index in [0.29, 0.717) is 6.61 Å². The van der Waals surface area contributed by atoms with Gasteiger partial charge >= 0.3 is 18.0 Å². The fourth-order valence-corrected chi connectivity index (χ4v) is 1.07. The Morgan fingerprint density at radius 2 is 1.74 bits per heavy atom. The first-order valence-corrected chi connectivity index (χ1v) is 6.79. The van der Waals surface area contributed by atoms with Crippen LogP contribution in [0, 0.1) is 0 Å². The maximum absolute atomic E-state index is 11.2. The minimum absolute atomic E-state index is 0.0200. The first-order valence-electron chi connectivity index (χ1n) is 6.79. The number of hydrogen-bond acceptors (Lipinski definition) is 7. The van der Waals surface area contributed by atoms with E-state index in [4.69, 9.17) is 21.3 Å². The molecule has 134 valence electrons. The van der Waals surface area contributed by atoms with Crippen LogP contribution >= 0.6 is 0 Å². The average Bonchev–Trinajstić information content (AvgIpc) is 2.36. The van der Waals surface area contributed by atoms with Gasteiger partial charge in [-0.2, -0.15) is 0 Å². The number of hydrogen-bond donors (Lipinski definition) is 4. The van der Waals surface area contributed by atoms with E-state index < -0.39 is 36.0 Å². The van der Waals surface area contributed by atoms with Crippen LogP contribution in [-0.2, 0) is 23.9 Å². The molecule has 1 atom stereocenters. The van der Waals surface area contributed by atoms with Crippen LogP contribution in [0.2, 0.25) is 0 Å². The lowest BCUT2D eigenvalue weighted by Crippen LogP contribution is -2.45. The number of carboxylic acid groups (broad SMARTS) is 1. The Morgan fingerprint density at radius 1 is 1.22 bits per heavy atom. The molecule has 0 spiro atoms. The van der Waals surface area contributed by atoms with Crippen LogP contribution in [0.15, 0.2) is 0 Å². The van der Waals surface area contributed by atoms with Crippen LogP contribution in [0.3, 0.4) is 0 Å². The summed E-state index contributed by atoms with van der Waals surface area (Å²) in [5.74, 6) is -2.50. The second kappa shape index (κ2) is 11.2. The Balaban J connectivity index is 0. The number of ether oxygens (including phenoxy) is 2. The summed E-state index contributed by atoms with van der Waals surface area (Å²) in [7, 11) is 0. The molecule has 0 aliphatic carbocycles. The van der Waals surface area contributed by atoms with Gasteiger partial charge in [0.2, 0.25) is 5.91 Å². The number of primary amides is 1. The molecule has 0 aromatic heterocycles. The van der Waals surface area contributed by atoms with Crippen LogP contribution in [-0.4, -0.2) is 53.8 Å². The molecule has 0 aliphatic rings. The molecular weight excluding hydrogens is 310 g/mol. The Morgan fingerprint density at radius 3 is 2.00 bits per heavy atom. The highest BCUT2D eigenvalue weighted by atomic mass is 16.6. The monoisotopic (exact) mass is 335 g/mol. The molecule has 0 bridgehead atoms. The van der Waals surface area contributed by atoms with Crippen molar-refractivity contribution in [3.05, 3.63) is 0 Å². The summed E-state index contributed by atoms with van der Waals surface area (Å²) >= 11 is 0. The molecule has 0 rings (SSSR count). The van der Waals surface area contributed by atoms with E-state index in [1.54, 1.807) is 27.7 Å². The topological polar surface area (TPSA) is 171 Å². The number of esters is 1. The van der Waals surface area contributed by atoms with Gasteiger partial charge in [0.15, 0.2) is 0 Å². The van der Waals surface area contributed by atoms with Gasteiger partial charge in [0.05, 0.1) is 19.6 Å². The smallest absolute Gasteiger partial charge is 0.408 e. The first-order chi connectivity index (χ1) is 10.4. The van der Waals surface area contributed by atoms with Crippen molar-refractivity contribution in [1.29, 1.82) is 0 Å². The number of nitrogens with one attached hydrogen (secondary N) is 1. The number of carbonyl (C=O) groups is 4. The quantitative estimate of drug-likeness (QED) is 0.463. The van der Waals surface area contributed by atoms with Gasteiger partial charge in [-0.3, -0.25) is 9.59 Å². The normalized spacial score (nSPS) is 11.3. The summed E-state index contributed by atoms with van der Waals surface area (Å²) in [6.07, 6.45) is -1.38. The molecule has 0 radical (unpaired) electrons. The molecule has 0 saturated heterocycles. The molecule has 2 amide bonds. The Bertz CT molecular complexity index is 418. The van der Waals surface area contributed by atoms with E-state index in [-0.39, 0.29) is 12.5 Å². The zero-order valence-corrected chi connectivity index (χ0v) is 13.8. The molecule has 0 heterocycles. The highest BCUT2D eigenvalue weighted by Gasteiger charge is 2.25. The van der Waals surface area contributed by atoms with Crippen LogP contribution in [0.1, 0.15) is 34.1 Å². The summed E-state index contributed by atoms with van der Waals surface area (Å²) in [5, 5.41) is 10.7. The number of nitrogens with two attached hydrogens (primary N) is 2. The SMILES string of the molecule is CC(C)(C)OC(=O)N[C@@H](CC(N)=O)C(=O)O.CCOC(=O)CN. The Labute approximate surface area is 134 Å². The Hall–Kier alpha value is -2.36. The predicted octanol–water partition coefficient (Wildman–Crippen LogP) is -0.652. The van der Waals surface area contributed by atoms with Crippen LogP contribution in [0.5, 0.6) is 0 Å². The van der Waals surface area contributed by atoms with Crippen molar-refractivity contribution in [2.45, 2.75) is 45.8 Å². The van der Waals surface area contributed by atoms with Gasteiger partial charge in [-0.05, 0) is 27.7 Å². The summed E-state index contributed by atoms with van der Waals surface area (Å²) in [5.41, 5.74) is 8.99. The summed E-state index contributed by atoms with van der Waals surface area (Å²) < 4.78 is 9.26. The number of carbonyl (C=O) groups excluding carboxylic acids is 3. The molecule has 6 N–H and O–H groups in total. The van der Waals surface area contributed by atoms with Gasteiger partial charge < -0.3 is 31.4 Å². The molecule has 23 heavy (non-hydrogen) atoms. The minimum atomic E-state index is -1.37. The molecule has 10 nitrogen and oxygen atoms in total. The fraction of sp³-hybridized carbons (Fsp3) is 0.692.